The van der Waals surface area contributed by atoms with Gasteiger partial charge in [-0.2, -0.15) is 0 Å². The van der Waals surface area contributed by atoms with Crippen LogP contribution < -0.4 is 5.32 Å². The van der Waals surface area contributed by atoms with E-state index in [0.29, 0.717) is 13.1 Å². The normalized spacial score (nSPS) is 34.2. The molecule has 0 unspecified atom stereocenters. The molecule has 0 radical (unpaired) electrons. The van der Waals surface area contributed by atoms with Gasteiger partial charge in [0.2, 0.25) is 0 Å². The average Bonchev–Trinajstić information content (AvgIpc) is 2.02. The van der Waals surface area contributed by atoms with Gasteiger partial charge in [0.05, 0.1) is 6.61 Å². The lowest BCUT2D eigenvalue weighted by Crippen LogP contribution is -2.67. The predicted octanol–water partition coefficient (Wildman–Crippen LogP) is 0.384. The van der Waals surface area contributed by atoms with Gasteiger partial charge < -0.3 is 10.1 Å². The van der Waals surface area contributed by atoms with Gasteiger partial charge in [0.1, 0.15) is 0 Å². The first kappa shape index (κ1) is 6.49. The number of hydrogen-bond acceptors (Lipinski definition) is 2. The van der Waals surface area contributed by atoms with E-state index in [-0.39, 0.29) is 13.0 Å². The van der Waals surface area contributed by atoms with Crippen LogP contribution in [0.3, 0.4) is 0 Å². The molecule has 0 aromatic rings. The fourth-order valence-corrected chi connectivity index (χ4v) is 1.42. The van der Waals surface area contributed by atoms with Crippen molar-refractivity contribution < 1.29 is 13.5 Å². The van der Waals surface area contributed by atoms with Crippen molar-refractivity contribution in [3.05, 3.63) is 0 Å². The van der Waals surface area contributed by atoms with Gasteiger partial charge in [-0.25, -0.2) is 8.78 Å². The topological polar surface area (TPSA) is 21.3 Å². The van der Waals surface area contributed by atoms with Gasteiger partial charge in [-0.1, -0.05) is 0 Å². The molecule has 0 amide bonds. The van der Waals surface area contributed by atoms with E-state index in [9.17, 15) is 8.78 Å². The van der Waals surface area contributed by atoms with Gasteiger partial charge in [0.25, 0.3) is 5.92 Å². The minimum absolute atomic E-state index is 0.116. The summed E-state index contributed by atoms with van der Waals surface area (Å²) in [6, 6.07) is 0. The number of halogens is 2. The zero-order chi connectivity index (χ0) is 7.24. The van der Waals surface area contributed by atoms with Crippen molar-refractivity contribution >= 4 is 0 Å². The smallest absolute Gasteiger partial charge is 0.281 e. The first-order valence-electron chi connectivity index (χ1n) is 3.39. The minimum atomic E-state index is -2.60. The molecule has 10 heavy (non-hydrogen) atoms. The van der Waals surface area contributed by atoms with Crippen LogP contribution in [0.15, 0.2) is 0 Å². The minimum Gasteiger partial charge on any atom is -0.366 e. The van der Waals surface area contributed by atoms with Crippen LogP contribution in [0.1, 0.15) is 6.42 Å². The summed E-state index contributed by atoms with van der Waals surface area (Å²) >= 11 is 0. The highest BCUT2D eigenvalue weighted by molar-refractivity contribution is 5.08. The van der Waals surface area contributed by atoms with Crippen LogP contribution in [-0.2, 0) is 4.74 Å². The third-order valence-electron chi connectivity index (χ3n) is 2.28. The molecule has 58 valence electrons. The quantitative estimate of drug-likeness (QED) is 0.537. The van der Waals surface area contributed by atoms with Crippen LogP contribution in [0.5, 0.6) is 0 Å². The zero-order valence-corrected chi connectivity index (χ0v) is 5.49. The zero-order valence-electron chi connectivity index (χ0n) is 5.49. The van der Waals surface area contributed by atoms with Crippen LogP contribution in [0.4, 0.5) is 8.78 Å². The largest absolute Gasteiger partial charge is 0.366 e. The van der Waals surface area contributed by atoms with Crippen molar-refractivity contribution in [1.29, 1.82) is 0 Å². The highest BCUT2D eigenvalue weighted by Gasteiger charge is 2.62. The number of ether oxygens (including phenoxy) is 1. The Kier molecular flexibility index (Phi) is 1.09. The van der Waals surface area contributed by atoms with Crippen LogP contribution in [0, 0.1) is 0 Å². The molecule has 0 aromatic carbocycles. The molecule has 2 rings (SSSR count). The van der Waals surface area contributed by atoms with Gasteiger partial charge in [0.15, 0.2) is 5.60 Å². The van der Waals surface area contributed by atoms with Crippen molar-refractivity contribution in [2.45, 2.75) is 17.9 Å². The molecule has 0 bridgehead atoms. The average molecular weight is 149 g/mol. The summed E-state index contributed by atoms with van der Waals surface area (Å²) in [4.78, 5) is 0. The first-order chi connectivity index (χ1) is 4.66. The number of alkyl halides is 2. The number of rotatable bonds is 0. The Morgan fingerprint density at radius 2 is 2.00 bits per heavy atom. The fourth-order valence-electron chi connectivity index (χ4n) is 1.42. The van der Waals surface area contributed by atoms with Gasteiger partial charge in [0, 0.05) is 19.5 Å². The van der Waals surface area contributed by atoms with E-state index in [1.54, 1.807) is 0 Å². The first-order valence-corrected chi connectivity index (χ1v) is 3.39. The Bertz CT molecular complexity index is 156. The molecular formula is C6H9F2NO. The molecule has 0 atom stereocenters. The standard InChI is InChI=1S/C6H9F2NO/c7-6(8)1-2-10-5(6)3-9-4-5/h9H,1-4H2. The Morgan fingerprint density at radius 1 is 1.30 bits per heavy atom. The van der Waals surface area contributed by atoms with Crippen molar-refractivity contribution in [3.63, 3.8) is 0 Å². The van der Waals surface area contributed by atoms with E-state index in [4.69, 9.17) is 4.74 Å². The van der Waals surface area contributed by atoms with Crippen molar-refractivity contribution in [2.24, 2.45) is 0 Å². The lowest BCUT2D eigenvalue weighted by molar-refractivity contribution is -0.170. The van der Waals surface area contributed by atoms with Gasteiger partial charge in [-0.3, -0.25) is 0 Å². The number of hydrogen-bond donors (Lipinski definition) is 1. The molecule has 2 nitrogen and oxygen atoms in total. The monoisotopic (exact) mass is 149 g/mol. The Hall–Kier alpha value is -0.220. The summed E-state index contributed by atoms with van der Waals surface area (Å²) in [6.07, 6.45) is -0.116. The van der Waals surface area contributed by atoms with E-state index < -0.39 is 11.5 Å². The van der Waals surface area contributed by atoms with Crippen molar-refractivity contribution in [2.75, 3.05) is 19.7 Å². The van der Waals surface area contributed by atoms with Crippen molar-refractivity contribution in [3.8, 4) is 0 Å². The molecule has 2 aliphatic rings. The summed E-state index contributed by atoms with van der Waals surface area (Å²) in [5, 5.41) is 2.79. The van der Waals surface area contributed by atoms with E-state index in [1.807, 2.05) is 0 Å². The maximum Gasteiger partial charge on any atom is 0.281 e. The maximum atomic E-state index is 12.9. The second kappa shape index (κ2) is 1.68. The summed E-state index contributed by atoms with van der Waals surface area (Å²) in [6.45, 7) is 0.814. The predicted molar refractivity (Wildman–Crippen MR) is 31.1 cm³/mol. The summed E-state index contributed by atoms with van der Waals surface area (Å²) < 4.78 is 30.7. The summed E-state index contributed by atoms with van der Waals surface area (Å²) in [5.41, 5.74) is -1.13. The van der Waals surface area contributed by atoms with Crippen LogP contribution >= 0.6 is 0 Å². The van der Waals surface area contributed by atoms with E-state index in [2.05, 4.69) is 5.32 Å². The van der Waals surface area contributed by atoms with Gasteiger partial charge in [-0.15, -0.1) is 0 Å². The fraction of sp³-hybridized carbons (Fsp3) is 1.00. The molecule has 0 aromatic heterocycles. The number of nitrogens with one attached hydrogen (secondary N) is 1. The molecule has 4 heteroatoms. The summed E-state index contributed by atoms with van der Waals surface area (Å²) in [7, 11) is 0. The third kappa shape index (κ3) is 0.582. The third-order valence-corrected chi connectivity index (χ3v) is 2.28. The van der Waals surface area contributed by atoms with Crippen LogP contribution in [0.25, 0.3) is 0 Å². The Balaban J connectivity index is 2.20. The Labute approximate surface area is 57.5 Å². The lowest BCUT2D eigenvalue weighted by Gasteiger charge is -2.41. The highest BCUT2D eigenvalue weighted by Crippen LogP contribution is 2.42. The van der Waals surface area contributed by atoms with Gasteiger partial charge in [-0.05, 0) is 0 Å². The second-order valence-electron chi connectivity index (χ2n) is 2.90. The molecule has 0 aliphatic carbocycles. The molecule has 1 N–H and O–H groups in total. The molecule has 2 saturated heterocycles. The maximum absolute atomic E-state index is 12.9. The summed E-state index contributed by atoms with van der Waals surface area (Å²) in [5.74, 6) is -2.60. The van der Waals surface area contributed by atoms with E-state index in [1.165, 1.54) is 0 Å². The van der Waals surface area contributed by atoms with E-state index >= 15 is 0 Å². The molecular weight excluding hydrogens is 140 g/mol. The molecule has 2 aliphatic heterocycles. The van der Waals surface area contributed by atoms with Crippen LogP contribution in [-0.4, -0.2) is 31.2 Å². The molecule has 2 heterocycles. The van der Waals surface area contributed by atoms with Crippen molar-refractivity contribution in [1.82, 2.24) is 5.32 Å². The van der Waals surface area contributed by atoms with Crippen LogP contribution in [0.2, 0.25) is 0 Å². The lowest BCUT2D eigenvalue weighted by atomic mass is 9.90. The Morgan fingerprint density at radius 3 is 2.20 bits per heavy atom. The highest BCUT2D eigenvalue weighted by atomic mass is 19.3. The molecule has 1 spiro atoms. The van der Waals surface area contributed by atoms with Gasteiger partial charge >= 0.3 is 0 Å². The van der Waals surface area contributed by atoms with E-state index in [0.717, 1.165) is 0 Å². The molecule has 2 fully saturated rings. The second-order valence-corrected chi connectivity index (χ2v) is 2.90. The SMILES string of the molecule is FC1(F)CCOC12CNC2. The molecule has 0 saturated carbocycles.